The summed E-state index contributed by atoms with van der Waals surface area (Å²) >= 11 is 0. The Bertz CT molecular complexity index is 231. The van der Waals surface area contributed by atoms with E-state index in [0.717, 1.165) is 0 Å². The molecule has 2 aliphatic rings. The van der Waals surface area contributed by atoms with E-state index in [1.807, 2.05) is 0 Å². The first-order valence-electron chi connectivity index (χ1n) is 3.78. The van der Waals surface area contributed by atoms with E-state index in [9.17, 15) is 0 Å². The zero-order valence-electron chi connectivity index (χ0n) is 6.76. The molecule has 2 heterocycles. The molecule has 2 fully saturated rings. The van der Waals surface area contributed by atoms with Crippen molar-refractivity contribution < 1.29 is 9.47 Å². The van der Waals surface area contributed by atoms with Crippen molar-refractivity contribution in [3.05, 3.63) is 0 Å². The summed E-state index contributed by atoms with van der Waals surface area (Å²) < 4.78 is 10.6. The number of rotatable bonds is 0. The topological polar surface area (TPSA) is 45.5 Å². The van der Waals surface area contributed by atoms with Gasteiger partial charge < -0.3 is 9.47 Å². The van der Waals surface area contributed by atoms with Crippen molar-refractivity contribution in [3.8, 4) is 6.07 Å². The fourth-order valence-electron chi connectivity index (χ4n) is 1.71. The summed E-state index contributed by atoms with van der Waals surface area (Å²) in [4.78, 5) is 0. The normalized spacial score (nSPS) is 45.7. The standard InChI is InChI=1S/C8H11NO2/c1-7(2)4-10-5-8(7)6(3-9)11-8/h6H,4-5H2,1-2H3. The molecule has 0 aliphatic carbocycles. The molecule has 2 unspecified atom stereocenters. The highest BCUT2D eigenvalue weighted by Crippen LogP contribution is 2.53. The van der Waals surface area contributed by atoms with Crippen LogP contribution in [0.15, 0.2) is 0 Å². The summed E-state index contributed by atoms with van der Waals surface area (Å²) in [6.07, 6.45) is -0.236. The molecule has 60 valence electrons. The quantitative estimate of drug-likeness (QED) is 0.481. The van der Waals surface area contributed by atoms with Gasteiger partial charge in [0.2, 0.25) is 0 Å². The van der Waals surface area contributed by atoms with E-state index in [1.165, 1.54) is 0 Å². The molecule has 2 saturated heterocycles. The molecule has 0 aromatic carbocycles. The molecule has 11 heavy (non-hydrogen) atoms. The third-order valence-corrected chi connectivity index (χ3v) is 2.74. The van der Waals surface area contributed by atoms with Crippen LogP contribution >= 0.6 is 0 Å². The molecular formula is C8H11NO2. The zero-order valence-corrected chi connectivity index (χ0v) is 6.76. The maximum atomic E-state index is 8.63. The third kappa shape index (κ3) is 0.688. The Hall–Kier alpha value is -0.590. The van der Waals surface area contributed by atoms with Gasteiger partial charge in [0.25, 0.3) is 0 Å². The van der Waals surface area contributed by atoms with Crippen LogP contribution in [0.5, 0.6) is 0 Å². The van der Waals surface area contributed by atoms with Crippen LogP contribution in [0.2, 0.25) is 0 Å². The van der Waals surface area contributed by atoms with Crippen LogP contribution in [-0.4, -0.2) is 24.9 Å². The molecule has 0 amide bonds. The molecule has 0 N–H and O–H groups in total. The summed E-state index contributed by atoms with van der Waals surface area (Å²) in [5.41, 5.74) is -0.269. The minimum absolute atomic E-state index is 0.00734. The smallest absolute Gasteiger partial charge is 0.176 e. The Kier molecular flexibility index (Phi) is 1.14. The van der Waals surface area contributed by atoms with Gasteiger partial charge >= 0.3 is 0 Å². The second-order valence-corrected chi connectivity index (χ2v) is 3.89. The lowest BCUT2D eigenvalue weighted by Gasteiger charge is -2.19. The molecule has 0 bridgehead atoms. The maximum absolute atomic E-state index is 8.63. The molecule has 0 aromatic heterocycles. The van der Waals surface area contributed by atoms with Crippen LogP contribution in [0.25, 0.3) is 0 Å². The molecule has 0 saturated carbocycles. The Morgan fingerprint density at radius 1 is 1.45 bits per heavy atom. The number of nitriles is 1. The van der Waals surface area contributed by atoms with E-state index in [0.29, 0.717) is 13.2 Å². The zero-order chi connectivity index (χ0) is 8.11. The molecular weight excluding hydrogens is 142 g/mol. The second kappa shape index (κ2) is 1.77. The third-order valence-electron chi connectivity index (χ3n) is 2.74. The summed E-state index contributed by atoms with van der Waals surface area (Å²) in [7, 11) is 0. The van der Waals surface area contributed by atoms with E-state index in [2.05, 4.69) is 19.9 Å². The Morgan fingerprint density at radius 2 is 2.18 bits per heavy atom. The van der Waals surface area contributed by atoms with Gasteiger partial charge in [0.15, 0.2) is 6.10 Å². The molecule has 0 aromatic rings. The molecule has 1 spiro atoms. The predicted octanol–water partition coefficient (Wildman–Crippen LogP) is 0.704. The maximum Gasteiger partial charge on any atom is 0.176 e. The van der Waals surface area contributed by atoms with E-state index in [4.69, 9.17) is 14.7 Å². The number of hydrogen-bond donors (Lipinski definition) is 0. The van der Waals surface area contributed by atoms with Gasteiger partial charge in [0.05, 0.1) is 19.3 Å². The minimum atomic E-state index is -0.276. The van der Waals surface area contributed by atoms with Crippen molar-refractivity contribution in [3.63, 3.8) is 0 Å². The summed E-state index contributed by atoms with van der Waals surface area (Å²) in [6, 6.07) is 2.13. The monoisotopic (exact) mass is 153 g/mol. The Morgan fingerprint density at radius 3 is 2.55 bits per heavy atom. The summed E-state index contributed by atoms with van der Waals surface area (Å²) in [5, 5.41) is 8.63. The van der Waals surface area contributed by atoms with Crippen LogP contribution in [0.3, 0.4) is 0 Å². The van der Waals surface area contributed by atoms with E-state index >= 15 is 0 Å². The van der Waals surface area contributed by atoms with Crippen molar-refractivity contribution in [2.45, 2.75) is 25.6 Å². The van der Waals surface area contributed by atoms with Crippen LogP contribution in [0.4, 0.5) is 0 Å². The molecule has 2 rings (SSSR count). The number of hydrogen-bond acceptors (Lipinski definition) is 3. The van der Waals surface area contributed by atoms with Crippen LogP contribution in [-0.2, 0) is 9.47 Å². The van der Waals surface area contributed by atoms with Gasteiger partial charge in [-0.15, -0.1) is 0 Å². The lowest BCUT2D eigenvalue weighted by molar-refractivity contribution is 0.166. The SMILES string of the molecule is CC1(C)COCC12OC2C#N. The molecule has 2 aliphatic heterocycles. The van der Waals surface area contributed by atoms with Crippen molar-refractivity contribution in [1.82, 2.24) is 0 Å². The lowest BCUT2D eigenvalue weighted by atomic mass is 9.80. The van der Waals surface area contributed by atoms with Crippen LogP contribution in [0.1, 0.15) is 13.8 Å². The van der Waals surface area contributed by atoms with Crippen LogP contribution in [0, 0.1) is 16.7 Å². The van der Waals surface area contributed by atoms with Crippen molar-refractivity contribution in [2.75, 3.05) is 13.2 Å². The molecule has 2 atom stereocenters. The highest BCUT2D eigenvalue weighted by Gasteiger charge is 2.69. The molecule has 3 nitrogen and oxygen atoms in total. The van der Waals surface area contributed by atoms with Gasteiger partial charge in [-0.1, -0.05) is 13.8 Å². The fourth-order valence-corrected chi connectivity index (χ4v) is 1.71. The average Bonchev–Trinajstić information content (AvgIpc) is 2.56. The summed E-state index contributed by atoms with van der Waals surface area (Å²) in [5.74, 6) is 0. The van der Waals surface area contributed by atoms with E-state index < -0.39 is 0 Å². The van der Waals surface area contributed by atoms with Crippen molar-refractivity contribution in [1.29, 1.82) is 5.26 Å². The highest BCUT2D eigenvalue weighted by atomic mass is 16.6. The number of ether oxygens (including phenoxy) is 2. The Labute approximate surface area is 65.9 Å². The largest absolute Gasteiger partial charge is 0.378 e. The highest BCUT2D eigenvalue weighted by molar-refractivity contribution is 5.22. The first-order valence-corrected chi connectivity index (χ1v) is 3.78. The average molecular weight is 153 g/mol. The summed E-state index contributed by atoms with van der Waals surface area (Å²) in [6.45, 7) is 5.44. The van der Waals surface area contributed by atoms with Gasteiger partial charge in [-0.2, -0.15) is 5.26 Å². The van der Waals surface area contributed by atoms with Crippen LogP contribution < -0.4 is 0 Å². The first kappa shape index (κ1) is 7.08. The van der Waals surface area contributed by atoms with E-state index in [-0.39, 0.29) is 17.1 Å². The second-order valence-electron chi connectivity index (χ2n) is 3.89. The molecule has 3 heteroatoms. The van der Waals surface area contributed by atoms with Gasteiger partial charge in [0, 0.05) is 5.41 Å². The predicted molar refractivity (Wildman–Crippen MR) is 37.8 cm³/mol. The van der Waals surface area contributed by atoms with Crippen molar-refractivity contribution in [2.24, 2.45) is 5.41 Å². The molecule has 0 radical (unpaired) electrons. The number of nitrogens with zero attached hydrogens (tertiary/aromatic N) is 1. The minimum Gasteiger partial charge on any atom is -0.378 e. The van der Waals surface area contributed by atoms with Gasteiger partial charge in [-0.3, -0.25) is 0 Å². The van der Waals surface area contributed by atoms with E-state index in [1.54, 1.807) is 0 Å². The lowest BCUT2D eigenvalue weighted by Crippen LogP contribution is -2.33. The first-order chi connectivity index (χ1) is 5.12. The van der Waals surface area contributed by atoms with Gasteiger partial charge in [0.1, 0.15) is 5.60 Å². The number of epoxide rings is 1. The fraction of sp³-hybridized carbons (Fsp3) is 0.875. The van der Waals surface area contributed by atoms with Gasteiger partial charge in [-0.05, 0) is 0 Å². The Balaban J connectivity index is 2.24. The van der Waals surface area contributed by atoms with Gasteiger partial charge in [-0.25, -0.2) is 0 Å². The van der Waals surface area contributed by atoms with Crippen molar-refractivity contribution >= 4 is 0 Å².